The lowest BCUT2D eigenvalue weighted by atomic mass is 10.2. The Hall–Kier alpha value is -1.80. The summed E-state index contributed by atoms with van der Waals surface area (Å²) in [6, 6.07) is 1.82. The van der Waals surface area contributed by atoms with Gasteiger partial charge >= 0.3 is 6.18 Å². The van der Waals surface area contributed by atoms with Crippen LogP contribution in [0.25, 0.3) is 0 Å². The van der Waals surface area contributed by atoms with Crippen molar-refractivity contribution in [1.29, 1.82) is 0 Å². The maximum absolute atomic E-state index is 12.2. The van der Waals surface area contributed by atoms with Crippen LogP contribution in [-0.4, -0.2) is 52.5 Å². The molecule has 1 aliphatic rings. The third-order valence-electron chi connectivity index (χ3n) is 3.24. The van der Waals surface area contributed by atoms with Gasteiger partial charge in [0.2, 0.25) is 0 Å². The zero-order valence-electron chi connectivity index (χ0n) is 12.3. The highest BCUT2D eigenvalue weighted by molar-refractivity contribution is 5.44. The molecule has 0 saturated carbocycles. The molecule has 0 radical (unpaired) electrons. The van der Waals surface area contributed by atoms with E-state index in [-0.39, 0.29) is 12.4 Å². The summed E-state index contributed by atoms with van der Waals surface area (Å²) in [7, 11) is 0. The van der Waals surface area contributed by atoms with Gasteiger partial charge in [0.05, 0.1) is 13.2 Å². The Morgan fingerprint density at radius 1 is 1.41 bits per heavy atom. The molecule has 22 heavy (non-hydrogen) atoms. The predicted molar refractivity (Wildman–Crippen MR) is 76.9 cm³/mol. The van der Waals surface area contributed by atoms with E-state index >= 15 is 0 Å². The molecule has 2 heterocycles. The summed E-state index contributed by atoms with van der Waals surface area (Å²) < 4.78 is 36.6. The first-order chi connectivity index (χ1) is 10.4. The Balaban J connectivity index is 1.97. The first-order valence-electron chi connectivity index (χ1n) is 6.94. The minimum absolute atomic E-state index is 0.0540. The average Bonchev–Trinajstić information content (AvgIpc) is 2.84. The SMILES string of the molecule is Cc1cc(CN2CC=CN2CCO)cnc1NCC(F)(F)F. The topological polar surface area (TPSA) is 51.6 Å². The Morgan fingerprint density at radius 2 is 2.18 bits per heavy atom. The highest BCUT2D eigenvalue weighted by atomic mass is 19.4. The molecule has 0 aliphatic carbocycles. The Bertz CT molecular complexity index is 533. The molecular formula is C14H19F3N4O. The standard InChI is InChI=1S/C14H19F3N4O/c1-11-7-12(8-18-13(11)19-10-14(15,16)17)9-21-4-2-3-20(21)5-6-22/h2-3,7-8,22H,4-6,9-10H2,1H3,(H,18,19). The first-order valence-corrected chi connectivity index (χ1v) is 6.94. The van der Waals surface area contributed by atoms with Crippen LogP contribution in [0, 0.1) is 6.92 Å². The number of hydrogen-bond acceptors (Lipinski definition) is 5. The molecular weight excluding hydrogens is 297 g/mol. The van der Waals surface area contributed by atoms with E-state index in [9.17, 15) is 13.2 Å². The maximum Gasteiger partial charge on any atom is 0.405 e. The number of aliphatic hydroxyl groups is 1. The van der Waals surface area contributed by atoms with E-state index in [2.05, 4.69) is 10.3 Å². The van der Waals surface area contributed by atoms with Gasteiger partial charge in [0.25, 0.3) is 0 Å². The van der Waals surface area contributed by atoms with Crippen LogP contribution in [0.5, 0.6) is 0 Å². The fraction of sp³-hybridized carbons (Fsp3) is 0.500. The number of halogens is 3. The van der Waals surface area contributed by atoms with Gasteiger partial charge in [-0.25, -0.2) is 9.99 Å². The summed E-state index contributed by atoms with van der Waals surface area (Å²) in [5, 5.41) is 15.2. The van der Waals surface area contributed by atoms with E-state index in [0.29, 0.717) is 18.7 Å². The number of rotatable bonds is 6. The lowest BCUT2D eigenvalue weighted by Crippen LogP contribution is -2.36. The number of aryl methyl sites for hydroxylation is 1. The van der Waals surface area contributed by atoms with Gasteiger partial charge in [-0.1, -0.05) is 6.08 Å². The molecule has 1 aliphatic heterocycles. The minimum Gasteiger partial charge on any atom is -0.394 e. The second kappa shape index (κ2) is 6.97. The Kier molecular flexibility index (Phi) is 5.25. The molecule has 0 bridgehead atoms. The van der Waals surface area contributed by atoms with Crippen LogP contribution in [0.4, 0.5) is 19.0 Å². The van der Waals surface area contributed by atoms with E-state index in [1.165, 1.54) is 0 Å². The number of nitrogens with zero attached hydrogens (tertiary/aromatic N) is 3. The lowest BCUT2D eigenvalue weighted by Gasteiger charge is -2.28. The molecule has 0 aromatic carbocycles. The number of hydrazine groups is 1. The molecule has 0 spiro atoms. The number of aliphatic hydroxyl groups excluding tert-OH is 1. The molecule has 0 fully saturated rings. The smallest absolute Gasteiger partial charge is 0.394 e. The zero-order chi connectivity index (χ0) is 16.2. The molecule has 1 aromatic rings. The maximum atomic E-state index is 12.2. The average molecular weight is 316 g/mol. The number of nitrogens with one attached hydrogen (secondary N) is 1. The van der Waals surface area contributed by atoms with E-state index in [1.807, 2.05) is 28.4 Å². The van der Waals surface area contributed by atoms with Gasteiger partial charge in [0.1, 0.15) is 12.4 Å². The number of β-amino-alcohol motifs (C(OH)–C–C–N with tert-alkyl or cyclic N) is 1. The van der Waals surface area contributed by atoms with Crippen LogP contribution in [0.1, 0.15) is 11.1 Å². The fourth-order valence-corrected chi connectivity index (χ4v) is 2.26. The van der Waals surface area contributed by atoms with Crippen LogP contribution in [-0.2, 0) is 6.54 Å². The number of pyridine rings is 1. The highest BCUT2D eigenvalue weighted by Gasteiger charge is 2.27. The molecule has 0 saturated heterocycles. The van der Waals surface area contributed by atoms with E-state index < -0.39 is 12.7 Å². The van der Waals surface area contributed by atoms with Crippen molar-refractivity contribution in [2.45, 2.75) is 19.6 Å². The van der Waals surface area contributed by atoms with Crippen LogP contribution in [0.2, 0.25) is 0 Å². The van der Waals surface area contributed by atoms with Crippen molar-refractivity contribution < 1.29 is 18.3 Å². The summed E-state index contributed by atoms with van der Waals surface area (Å²) in [6.45, 7) is 2.50. The molecule has 122 valence electrons. The summed E-state index contributed by atoms with van der Waals surface area (Å²) in [5.41, 5.74) is 1.57. The van der Waals surface area contributed by atoms with Gasteiger partial charge in [-0.2, -0.15) is 13.2 Å². The monoisotopic (exact) mass is 316 g/mol. The van der Waals surface area contributed by atoms with Gasteiger partial charge in [0, 0.05) is 25.5 Å². The van der Waals surface area contributed by atoms with Crippen molar-refractivity contribution in [2.75, 3.05) is 31.6 Å². The predicted octanol–water partition coefficient (Wildman–Crippen LogP) is 1.90. The van der Waals surface area contributed by atoms with Gasteiger partial charge in [-0.3, -0.25) is 0 Å². The van der Waals surface area contributed by atoms with Gasteiger partial charge in [-0.05, 0) is 24.1 Å². The third-order valence-corrected chi connectivity index (χ3v) is 3.24. The molecule has 1 aromatic heterocycles. The normalized spacial score (nSPS) is 15.6. The third kappa shape index (κ3) is 4.60. The summed E-state index contributed by atoms with van der Waals surface area (Å²) in [5.74, 6) is 0.243. The second-order valence-electron chi connectivity index (χ2n) is 5.10. The van der Waals surface area contributed by atoms with Crippen molar-refractivity contribution in [2.24, 2.45) is 0 Å². The van der Waals surface area contributed by atoms with Crippen molar-refractivity contribution >= 4 is 5.82 Å². The zero-order valence-corrected chi connectivity index (χ0v) is 12.3. The van der Waals surface area contributed by atoms with Gasteiger partial charge in [0.15, 0.2) is 0 Å². The largest absolute Gasteiger partial charge is 0.405 e. The summed E-state index contributed by atoms with van der Waals surface area (Å²) in [4.78, 5) is 4.07. The van der Waals surface area contributed by atoms with Gasteiger partial charge < -0.3 is 15.4 Å². The first kappa shape index (κ1) is 16.6. The Morgan fingerprint density at radius 3 is 2.82 bits per heavy atom. The molecule has 0 unspecified atom stereocenters. The van der Waals surface area contributed by atoms with Crippen LogP contribution in [0.15, 0.2) is 24.5 Å². The van der Waals surface area contributed by atoms with E-state index in [4.69, 9.17) is 5.11 Å². The quantitative estimate of drug-likeness (QED) is 0.839. The van der Waals surface area contributed by atoms with E-state index in [1.54, 1.807) is 13.1 Å². The number of hydrogen-bond donors (Lipinski definition) is 2. The van der Waals surface area contributed by atoms with E-state index in [0.717, 1.165) is 12.1 Å². The minimum atomic E-state index is -4.27. The summed E-state index contributed by atoms with van der Waals surface area (Å²) >= 11 is 0. The fourth-order valence-electron chi connectivity index (χ4n) is 2.26. The van der Waals surface area contributed by atoms with Crippen LogP contribution < -0.4 is 5.32 Å². The van der Waals surface area contributed by atoms with Crippen molar-refractivity contribution in [3.63, 3.8) is 0 Å². The van der Waals surface area contributed by atoms with Crippen molar-refractivity contribution in [3.8, 4) is 0 Å². The number of anilines is 1. The van der Waals surface area contributed by atoms with Crippen LogP contribution in [0.3, 0.4) is 0 Å². The Labute approximate surface area is 127 Å². The molecule has 0 atom stereocenters. The highest BCUT2D eigenvalue weighted by Crippen LogP contribution is 2.19. The molecule has 5 nitrogen and oxygen atoms in total. The van der Waals surface area contributed by atoms with Crippen molar-refractivity contribution in [3.05, 3.63) is 35.7 Å². The van der Waals surface area contributed by atoms with Gasteiger partial charge in [-0.15, -0.1) is 0 Å². The number of aromatic nitrogens is 1. The second-order valence-corrected chi connectivity index (χ2v) is 5.10. The van der Waals surface area contributed by atoms with Crippen LogP contribution >= 0.6 is 0 Å². The van der Waals surface area contributed by atoms with Crippen molar-refractivity contribution in [1.82, 2.24) is 15.0 Å². The summed E-state index contributed by atoms with van der Waals surface area (Å²) in [6.07, 6.45) is 1.19. The molecule has 2 N–H and O–H groups in total. The molecule has 0 amide bonds. The molecule has 2 rings (SSSR count). The lowest BCUT2D eigenvalue weighted by molar-refractivity contribution is -0.115. The molecule has 8 heteroatoms. The number of alkyl halides is 3.